The molecule has 0 aliphatic rings. The fourth-order valence-corrected chi connectivity index (χ4v) is 0.685. The summed E-state index contributed by atoms with van der Waals surface area (Å²) in [6, 6.07) is 6.29. The van der Waals surface area contributed by atoms with Crippen LogP contribution in [0.15, 0.2) is 30.8 Å². The molecule has 0 saturated heterocycles. The van der Waals surface area contributed by atoms with Crippen molar-refractivity contribution in [2.75, 3.05) is 0 Å². The summed E-state index contributed by atoms with van der Waals surface area (Å²) < 4.78 is 0. The van der Waals surface area contributed by atoms with Crippen LogP contribution in [0.5, 0.6) is 5.75 Å². The molecule has 55 valence electrons. The van der Waals surface area contributed by atoms with Crippen LogP contribution in [0.1, 0.15) is 5.56 Å². The van der Waals surface area contributed by atoms with Crippen LogP contribution < -0.4 is 0 Å². The predicted octanol–water partition coefficient (Wildman–Crippen LogP) is 1.92. The Morgan fingerprint density at radius 1 is 1.36 bits per heavy atom. The Bertz CT molecular complexity index is 258. The van der Waals surface area contributed by atoms with Gasteiger partial charge in [-0.2, -0.15) is 0 Å². The van der Waals surface area contributed by atoms with Crippen molar-refractivity contribution in [2.45, 2.75) is 0 Å². The number of rotatable bonds is 1. The molecule has 3 heteroatoms. The number of phenols is 1. The van der Waals surface area contributed by atoms with Gasteiger partial charge in [-0.25, -0.2) is 0 Å². The number of phenolic OH excluding ortho intramolecular Hbond substituents is 1. The maximum Gasteiger partial charge on any atom is 0.116 e. The molecule has 11 heavy (non-hydrogen) atoms. The van der Waals surface area contributed by atoms with Gasteiger partial charge in [-0.3, -0.25) is 0 Å². The van der Waals surface area contributed by atoms with Gasteiger partial charge in [-0.05, 0) is 12.1 Å². The van der Waals surface area contributed by atoms with E-state index in [4.69, 9.17) is 10.2 Å². The minimum atomic E-state index is -0.0316. The minimum absolute atomic E-state index is 0. The van der Waals surface area contributed by atoms with E-state index in [9.17, 15) is 0 Å². The van der Waals surface area contributed by atoms with Crippen LogP contribution in [0, 0.1) is 41.3 Å². The van der Waals surface area contributed by atoms with Crippen molar-refractivity contribution in [2.24, 2.45) is 0 Å². The standard InChI is InChI=1S/C8H8O2.Pr/c1-6(9)7-3-2-4-8(10)5-7;/h2-5,9-10H,1H2;. The fourth-order valence-electron chi connectivity index (χ4n) is 0.685. The summed E-state index contributed by atoms with van der Waals surface area (Å²) in [6.45, 7) is 3.31. The van der Waals surface area contributed by atoms with Crippen LogP contribution >= 0.6 is 0 Å². The molecule has 2 nitrogen and oxygen atoms in total. The van der Waals surface area contributed by atoms with E-state index in [0.29, 0.717) is 5.56 Å². The van der Waals surface area contributed by atoms with Gasteiger partial charge in [0.2, 0.25) is 0 Å². The quantitative estimate of drug-likeness (QED) is 0.770. The second-order valence-corrected chi connectivity index (χ2v) is 2.00. The Morgan fingerprint density at radius 2 is 2.00 bits per heavy atom. The molecule has 1 aromatic rings. The molecule has 0 aliphatic heterocycles. The summed E-state index contributed by atoms with van der Waals surface area (Å²) >= 11 is 0. The summed E-state index contributed by atoms with van der Waals surface area (Å²) in [6.07, 6.45) is 0. The van der Waals surface area contributed by atoms with E-state index >= 15 is 0 Å². The van der Waals surface area contributed by atoms with E-state index in [0.717, 1.165) is 0 Å². The van der Waals surface area contributed by atoms with Crippen molar-refractivity contribution in [3.63, 3.8) is 0 Å². The van der Waals surface area contributed by atoms with E-state index in [2.05, 4.69) is 6.58 Å². The van der Waals surface area contributed by atoms with Crippen molar-refractivity contribution in [3.8, 4) is 5.75 Å². The Balaban J connectivity index is 0.000001000. The van der Waals surface area contributed by atoms with Crippen molar-refractivity contribution in [1.29, 1.82) is 0 Å². The number of aliphatic hydroxyl groups is 1. The first-order valence-corrected chi connectivity index (χ1v) is 2.87. The van der Waals surface area contributed by atoms with Gasteiger partial charge in [0.15, 0.2) is 0 Å². The molecule has 0 aliphatic carbocycles. The number of hydrogen-bond acceptors (Lipinski definition) is 2. The third-order valence-corrected chi connectivity index (χ3v) is 1.18. The molecule has 0 fully saturated rings. The molecule has 1 radical (unpaired) electrons. The van der Waals surface area contributed by atoms with E-state index in [-0.39, 0.29) is 52.8 Å². The van der Waals surface area contributed by atoms with Crippen LogP contribution in [-0.4, -0.2) is 10.2 Å². The van der Waals surface area contributed by atoms with E-state index in [1.54, 1.807) is 12.1 Å². The molecular weight excluding hydrogens is 269 g/mol. The van der Waals surface area contributed by atoms with Gasteiger partial charge < -0.3 is 10.2 Å². The summed E-state index contributed by atoms with van der Waals surface area (Å²) in [7, 11) is 0. The van der Waals surface area contributed by atoms with E-state index in [1.165, 1.54) is 12.1 Å². The van der Waals surface area contributed by atoms with Crippen LogP contribution in [-0.2, 0) is 0 Å². The van der Waals surface area contributed by atoms with Crippen molar-refractivity contribution in [3.05, 3.63) is 36.4 Å². The number of benzene rings is 1. The van der Waals surface area contributed by atoms with Crippen LogP contribution in [0.3, 0.4) is 0 Å². The van der Waals surface area contributed by atoms with Gasteiger partial charge in [0.1, 0.15) is 11.5 Å². The smallest absolute Gasteiger partial charge is 0.116 e. The van der Waals surface area contributed by atoms with Crippen molar-refractivity contribution < 1.29 is 51.5 Å². The van der Waals surface area contributed by atoms with Gasteiger partial charge in [0.25, 0.3) is 0 Å². The molecular formula is C8H8O2Pr. The molecule has 0 spiro atoms. The van der Waals surface area contributed by atoms with Gasteiger partial charge >= 0.3 is 0 Å². The third kappa shape index (κ3) is 3.21. The molecule has 0 heterocycles. The number of hydrogen-bond donors (Lipinski definition) is 2. The first kappa shape index (κ1) is 10.9. The monoisotopic (exact) mass is 277 g/mol. The van der Waals surface area contributed by atoms with Crippen LogP contribution in [0.4, 0.5) is 0 Å². The average molecular weight is 277 g/mol. The van der Waals surface area contributed by atoms with Crippen molar-refractivity contribution >= 4 is 5.76 Å². The van der Waals surface area contributed by atoms with E-state index < -0.39 is 0 Å². The maximum atomic E-state index is 8.91. The zero-order valence-corrected chi connectivity index (χ0v) is 9.69. The molecule has 0 atom stereocenters. The molecule has 0 bridgehead atoms. The Morgan fingerprint density at radius 3 is 2.36 bits per heavy atom. The first-order chi connectivity index (χ1) is 4.70. The third-order valence-electron chi connectivity index (χ3n) is 1.18. The minimum Gasteiger partial charge on any atom is -0.508 e. The second-order valence-electron chi connectivity index (χ2n) is 2.00. The molecule has 0 saturated carbocycles. The zero-order chi connectivity index (χ0) is 7.56. The van der Waals surface area contributed by atoms with Crippen LogP contribution in [0.2, 0.25) is 0 Å². The molecule has 2 N–H and O–H groups in total. The fraction of sp³-hybridized carbons (Fsp3) is 0. The predicted molar refractivity (Wildman–Crippen MR) is 39.8 cm³/mol. The topological polar surface area (TPSA) is 40.5 Å². The largest absolute Gasteiger partial charge is 0.508 e. The van der Waals surface area contributed by atoms with Crippen molar-refractivity contribution in [1.82, 2.24) is 0 Å². The first-order valence-electron chi connectivity index (χ1n) is 2.87. The SMILES string of the molecule is C=C(O)c1cccc(O)c1.[Pr]. The molecule has 0 aromatic heterocycles. The number of aromatic hydroxyl groups is 1. The Kier molecular flexibility index (Phi) is 4.70. The van der Waals surface area contributed by atoms with Gasteiger partial charge in [0, 0.05) is 46.9 Å². The molecule has 0 unspecified atom stereocenters. The zero-order valence-electron chi connectivity index (χ0n) is 5.99. The van der Waals surface area contributed by atoms with Crippen LogP contribution in [0.25, 0.3) is 5.76 Å². The summed E-state index contributed by atoms with van der Waals surface area (Å²) in [5.41, 5.74) is 0.542. The summed E-state index contributed by atoms with van der Waals surface area (Å²) in [4.78, 5) is 0. The van der Waals surface area contributed by atoms with Gasteiger partial charge in [-0.15, -0.1) is 0 Å². The number of aliphatic hydroxyl groups excluding tert-OH is 1. The second kappa shape index (κ2) is 4.73. The van der Waals surface area contributed by atoms with Gasteiger partial charge in [-0.1, -0.05) is 18.7 Å². The molecule has 0 amide bonds. The molecule has 1 rings (SSSR count). The summed E-state index contributed by atoms with van der Waals surface area (Å²) in [5.74, 6) is 0.101. The van der Waals surface area contributed by atoms with E-state index in [1.807, 2.05) is 0 Å². The average Bonchev–Trinajstić information content (AvgIpc) is 1.88. The maximum absolute atomic E-state index is 8.91. The molecule has 1 aromatic carbocycles. The Hall–Kier alpha value is -0.0764. The summed E-state index contributed by atoms with van der Waals surface area (Å²) in [5, 5.41) is 17.8. The normalized spacial score (nSPS) is 8.36. The Labute approximate surface area is 98.5 Å². The van der Waals surface area contributed by atoms with Gasteiger partial charge in [0.05, 0.1) is 0 Å².